The molecule has 5 rings (SSSR count). The molecule has 2 aromatic heterocycles. The normalized spacial score (nSPS) is 15.4. The van der Waals surface area contributed by atoms with Gasteiger partial charge in [-0.3, -0.25) is 14.9 Å². The molecule has 1 aliphatic carbocycles. The molecule has 1 atom stereocenters. The van der Waals surface area contributed by atoms with Crippen LogP contribution in [-0.4, -0.2) is 14.9 Å². The Morgan fingerprint density at radius 3 is 2.83 bits per heavy atom. The van der Waals surface area contributed by atoms with E-state index < -0.39 is 10.7 Å². The van der Waals surface area contributed by atoms with E-state index in [2.05, 4.69) is 16.9 Å². The van der Waals surface area contributed by atoms with E-state index in [1.54, 1.807) is 6.07 Å². The average Bonchev–Trinajstić information content (AvgIpc) is 3.22. The smallest absolute Gasteiger partial charge is 0.312 e. The van der Waals surface area contributed by atoms with Crippen molar-refractivity contribution in [2.75, 3.05) is 0 Å². The Balaban J connectivity index is 1.52. The maximum Gasteiger partial charge on any atom is 0.312 e. The van der Waals surface area contributed by atoms with Crippen LogP contribution in [0.1, 0.15) is 35.2 Å². The van der Waals surface area contributed by atoms with Gasteiger partial charge >= 0.3 is 5.69 Å². The van der Waals surface area contributed by atoms with E-state index in [0.29, 0.717) is 21.7 Å². The Bertz CT molecular complexity index is 1630. The molecule has 2 heterocycles. The Morgan fingerprint density at radius 2 is 2.11 bits per heavy atom. The zero-order valence-corrected chi connectivity index (χ0v) is 19.9. The first-order valence-electron chi connectivity index (χ1n) is 11.2. The van der Waals surface area contributed by atoms with E-state index in [-0.39, 0.29) is 34.1 Å². The first-order valence-corrected chi connectivity index (χ1v) is 12.0. The van der Waals surface area contributed by atoms with Gasteiger partial charge in [-0.25, -0.2) is 9.37 Å². The Kier molecular flexibility index (Phi) is 6.08. The van der Waals surface area contributed by atoms with Crippen molar-refractivity contribution in [1.29, 1.82) is 5.26 Å². The van der Waals surface area contributed by atoms with Crippen LogP contribution >= 0.6 is 11.3 Å². The number of nitrogens with one attached hydrogen (secondary N) is 1. The highest BCUT2D eigenvalue weighted by Gasteiger charge is 2.24. The molecule has 4 aromatic rings. The SMILES string of the molecule is C[C@@H]1CCc2c(sc3nc(/C(C#N)=C/c4ccc(Oc5ccc(F)cc5)c([N+](=O)[O-])c4)[nH]c(=O)c23)C1. The van der Waals surface area contributed by atoms with Crippen LogP contribution in [0.5, 0.6) is 11.5 Å². The lowest BCUT2D eigenvalue weighted by Gasteiger charge is -2.17. The van der Waals surface area contributed by atoms with Gasteiger partial charge in [-0.05, 0) is 72.7 Å². The number of thiophene rings is 1. The fourth-order valence-corrected chi connectivity index (χ4v) is 5.66. The van der Waals surface area contributed by atoms with Crippen molar-refractivity contribution < 1.29 is 14.1 Å². The van der Waals surface area contributed by atoms with Crippen LogP contribution < -0.4 is 10.3 Å². The van der Waals surface area contributed by atoms with Crippen molar-refractivity contribution in [3.05, 3.63) is 90.6 Å². The van der Waals surface area contributed by atoms with Gasteiger partial charge in [0.25, 0.3) is 5.56 Å². The first-order chi connectivity index (χ1) is 17.3. The summed E-state index contributed by atoms with van der Waals surface area (Å²) >= 11 is 1.48. The molecule has 8 nitrogen and oxygen atoms in total. The second-order valence-electron chi connectivity index (χ2n) is 8.66. The number of hydrogen-bond donors (Lipinski definition) is 1. The highest BCUT2D eigenvalue weighted by Crippen LogP contribution is 2.36. The molecular weight excluding hydrogens is 483 g/mol. The fourth-order valence-electron chi connectivity index (χ4n) is 4.28. The number of nitriles is 1. The summed E-state index contributed by atoms with van der Waals surface area (Å²) in [4.78, 5) is 33.0. The lowest BCUT2D eigenvalue weighted by molar-refractivity contribution is -0.385. The molecule has 0 saturated heterocycles. The third-order valence-corrected chi connectivity index (χ3v) is 7.22. The highest BCUT2D eigenvalue weighted by atomic mass is 32.1. The second-order valence-corrected chi connectivity index (χ2v) is 9.74. The molecule has 0 amide bonds. The predicted octanol–water partition coefficient (Wildman–Crippen LogP) is 6.01. The van der Waals surface area contributed by atoms with Crippen molar-refractivity contribution in [3.8, 4) is 17.6 Å². The van der Waals surface area contributed by atoms with E-state index in [4.69, 9.17) is 4.74 Å². The summed E-state index contributed by atoms with van der Waals surface area (Å²) in [6.45, 7) is 2.18. The molecule has 0 bridgehead atoms. The van der Waals surface area contributed by atoms with Gasteiger partial charge in [0.2, 0.25) is 5.75 Å². The number of aromatic amines is 1. The second kappa shape index (κ2) is 9.36. The molecule has 10 heteroatoms. The summed E-state index contributed by atoms with van der Waals surface area (Å²) in [5, 5.41) is 22.0. The number of hydrogen-bond acceptors (Lipinski definition) is 7. The average molecular weight is 503 g/mol. The van der Waals surface area contributed by atoms with Gasteiger partial charge < -0.3 is 9.72 Å². The van der Waals surface area contributed by atoms with Crippen molar-refractivity contribution >= 4 is 38.9 Å². The van der Waals surface area contributed by atoms with Gasteiger partial charge in [0.1, 0.15) is 22.5 Å². The van der Waals surface area contributed by atoms with Gasteiger partial charge in [0, 0.05) is 10.9 Å². The van der Waals surface area contributed by atoms with Crippen molar-refractivity contribution in [2.24, 2.45) is 5.92 Å². The lowest BCUT2D eigenvalue weighted by Crippen LogP contribution is -2.14. The number of ether oxygens (including phenoxy) is 1. The van der Waals surface area contributed by atoms with Crippen LogP contribution in [0.25, 0.3) is 21.9 Å². The number of benzene rings is 2. The molecule has 2 aromatic carbocycles. The monoisotopic (exact) mass is 502 g/mol. The van der Waals surface area contributed by atoms with Crippen molar-refractivity contribution in [1.82, 2.24) is 9.97 Å². The quantitative estimate of drug-likeness (QED) is 0.202. The fraction of sp³-hybridized carbons (Fsp3) is 0.192. The summed E-state index contributed by atoms with van der Waals surface area (Å²) in [7, 11) is 0. The molecule has 0 radical (unpaired) electrons. The van der Waals surface area contributed by atoms with Gasteiger partial charge in [0.05, 0.1) is 15.9 Å². The summed E-state index contributed by atoms with van der Waals surface area (Å²) < 4.78 is 18.7. The Labute approximate surface area is 208 Å². The van der Waals surface area contributed by atoms with Crippen LogP contribution in [0.2, 0.25) is 0 Å². The van der Waals surface area contributed by atoms with E-state index in [1.807, 2.05) is 6.07 Å². The number of aryl methyl sites for hydroxylation is 1. The van der Waals surface area contributed by atoms with E-state index in [9.17, 15) is 24.6 Å². The largest absolute Gasteiger partial charge is 0.450 e. The van der Waals surface area contributed by atoms with Crippen LogP contribution in [0.3, 0.4) is 0 Å². The molecule has 0 spiro atoms. The number of allylic oxidation sites excluding steroid dienone is 1. The molecular formula is C26H19FN4O4S. The number of nitrogens with zero attached hydrogens (tertiary/aromatic N) is 3. The molecule has 36 heavy (non-hydrogen) atoms. The molecule has 0 aliphatic heterocycles. The standard InChI is InChI=1S/C26H19FN4O4S/c1-14-2-8-19-22(10-14)36-26-23(19)25(32)29-24(30-26)16(13-28)11-15-3-9-21(20(12-15)31(33)34)35-18-6-4-17(27)5-7-18/h3-7,9,11-12,14H,2,8,10H2,1H3,(H,29,30,32)/b16-11+/t14-/m1/s1. The number of fused-ring (bicyclic) bond motifs is 3. The molecule has 1 aliphatic rings. The van der Waals surface area contributed by atoms with Crippen LogP contribution in [0.4, 0.5) is 10.1 Å². The zero-order valence-electron chi connectivity index (χ0n) is 19.1. The van der Waals surface area contributed by atoms with Crippen molar-refractivity contribution in [2.45, 2.75) is 26.2 Å². The highest BCUT2D eigenvalue weighted by molar-refractivity contribution is 7.18. The van der Waals surface area contributed by atoms with Gasteiger partial charge in [-0.1, -0.05) is 13.0 Å². The van der Waals surface area contributed by atoms with Gasteiger partial charge in [-0.15, -0.1) is 11.3 Å². The van der Waals surface area contributed by atoms with E-state index >= 15 is 0 Å². The first kappa shape index (κ1) is 23.4. The van der Waals surface area contributed by atoms with Crippen LogP contribution in [0.15, 0.2) is 47.3 Å². The molecule has 1 N–H and O–H groups in total. The van der Waals surface area contributed by atoms with E-state index in [1.165, 1.54) is 53.8 Å². The summed E-state index contributed by atoms with van der Waals surface area (Å²) in [5.41, 5.74) is 0.838. The Hall–Kier alpha value is -4.36. The molecule has 180 valence electrons. The topological polar surface area (TPSA) is 122 Å². The molecule has 0 fully saturated rings. The third-order valence-electron chi connectivity index (χ3n) is 6.07. The number of H-pyrrole nitrogens is 1. The van der Waals surface area contributed by atoms with Gasteiger partial charge in [0.15, 0.2) is 5.82 Å². The van der Waals surface area contributed by atoms with Gasteiger partial charge in [-0.2, -0.15) is 5.26 Å². The minimum atomic E-state index is -0.606. The maximum absolute atomic E-state index is 13.1. The number of nitro benzene ring substituents is 1. The maximum atomic E-state index is 13.1. The van der Waals surface area contributed by atoms with E-state index in [0.717, 1.165) is 29.7 Å². The minimum absolute atomic E-state index is 0.0337. The third kappa shape index (κ3) is 4.48. The van der Waals surface area contributed by atoms with Crippen LogP contribution in [0, 0.1) is 33.2 Å². The molecule has 0 unspecified atom stereocenters. The predicted molar refractivity (Wildman–Crippen MR) is 134 cm³/mol. The Morgan fingerprint density at radius 1 is 1.33 bits per heavy atom. The van der Waals surface area contributed by atoms with Crippen molar-refractivity contribution in [3.63, 3.8) is 0 Å². The summed E-state index contributed by atoms with van der Waals surface area (Å²) in [6, 6.07) is 11.3. The number of halogens is 1. The number of nitro groups is 1. The minimum Gasteiger partial charge on any atom is -0.450 e. The summed E-state index contributed by atoms with van der Waals surface area (Å²) in [5.74, 6) is 0.404. The lowest BCUT2D eigenvalue weighted by atomic mass is 9.89. The zero-order chi connectivity index (χ0) is 25.4. The van der Waals surface area contributed by atoms with Crippen LogP contribution in [-0.2, 0) is 12.8 Å². The molecule has 0 saturated carbocycles. The summed E-state index contributed by atoms with van der Waals surface area (Å²) in [6.07, 6.45) is 4.18. The number of rotatable bonds is 5. The number of aromatic nitrogens is 2.